The largest absolute Gasteiger partial charge is 0.397 e. The lowest BCUT2D eigenvalue weighted by Gasteiger charge is -2.08. The fourth-order valence-corrected chi connectivity index (χ4v) is 2.65. The molecule has 0 unspecified atom stereocenters. The highest BCUT2D eigenvalue weighted by Crippen LogP contribution is 2.23. The van der Waals surface area contributed by atoms with Crippen LogP contribution in [0.2, 0.25) is 0 Å². The van der Waals surface area contributed by atoms with Crippen LogP contribution in [0.4, 0.5) is 11.4 Å². The molecule has 7 heteroatoms. The van der Waals surface area contributed by atoms with E-state index in [9.17, 15) is 4.79 Å². The topological polar surface area (TPSA) is 96.7 Å². The summed E-state index contributed by atoms with van der Waals surface area (Å²) in [4.78, 5) is 22.7. The van der Waals surface area contributed by atoms with Crippen LogP contribution in [0.3, 0.4) is 0 Å². The number of H-pyrrole nitrogens is 1. The third kappa shape index (κ3) is 2.35. The minimum atomic E-state index is -0.191. The molecule has 0 saturated carbocycles. The number of nitrogens with zero attached hydrogens (tertiary/aromatic N) is 2. The monoisotopic (exact) mass is 287 g/mol. The first-order valence-corrected chi connectivity index (χ1v) is 6.93. The minimum Gasteiger partial charge on any atom is -0.397 e. The van der Waals surface area contributed by atoms with E-state index in [4.69, 9.17) is 5.73 Å². The van der Waals surface area contributed by atoms with E-state index in [2.05, 4.69) is 20.3 Å². The van der Waals surface area contributed by atoms with Gasteiger partial charge in [-0.15, -0.1) is 11.3 Å². The highest BCUT2D eigenvalue weighted by atomic mass is 32.1. The molecule has 0 spiro atoms. The molecule has 2 heterocycles. The highest BCUT2D eigenvalue weighted by molar-refractivity contribution is 7.09. The smallest absolute Gasteiger partial charge is 0.258 e. The molecule has 20 heavy (non-hydrogen) atoms. The number of benzene rings is 1. The Hall–Kier alpha value is -2.41. The second kappa shape index (κ2) is 4.93. The lowest BCUT2D eigenvalue weighted by atomic mass is 10.2. The number of nitrogens with two attached hydrogens (primary N) is 1. The van der Waals surface area contributed by atoms with Crippen LogP contribution in [0.15, 0.2) is 28.6 Å². The predicted octanol–water partition coefficient (Wildman–Crippen LogP) is 1.88. The quantitative estimate of drug-likeness (QED) is 0.639. The normalized spacial score (nSPS) is 10.8. The first kappa shape index (κ1) is 12.6. The van der Waals surface area contributed by atoms with Crippen LogP contribution in [0.25, 0.3) is 10.9 Å². The van der Waals surface area contributed by atoms with Gasteiger partial charge in [0.05, 0.1) is 35.1 Å². The van der Waals surface area contributed by atoms with Gasteiger partial charge in [-0.1, -0.05) is 0 Å². The SMILES string of the molecule is Cc1csc(CNc2cc3nc[nH]c(=O)c3cc2N)n1. The van der Waals surface area contributed by atoms with Gasteiger partial charge in [0.1, 0.15) is 5.01 Å². The van der Waals surface area contributed by atoms with Crippen LogP contribution in [0.1, 0.15) is 10.7 Å². The van der Waals surface area contributed by atoms with Crippen LogP contribution < -0.4 is 16.6 Å². The van der Waals surface area contributed by atoms with Gasteiger partial charge in [-0.25, -0.2) is 9.97 Å². The molecule has 0 radical (unpaired) electrons. The number of nitrogen functional groups attached to an aromatic ring is 1. The second-order valence-electron chi connectivity index (χ2n) is 4.42. The maximum Gasteiger partial charge on any atom is 0.258 e. The summed E-state index contributed by atoms with van der Waals surface area (Å²) in [5.74, 6) is 0. The molecule has 3 rings (SSSR count). The number of rotatable bonds is 3. The number of thiazole rings is 1. The summed E-state index contributed by atoms with van der Waals surface area (Å²) in [6.45, 7) is 2.55. The molecule has 0 aliphatic heterocycles. The van der Waals surface area contributed by atoms with Crippen LogP contribution in [-0.4, -0.2) is 15.0 Å². The van der Waals surface area contributed by atoms with Gasteiger partial charge in [0.25, 0.3) is 5.56 Å². The summed E-state index contributed by atoms with van der Waals surface area (Å²) in [7, 11) is 0. The zero-order chi connectivity index (χ0) is 14.1. The van der Waals surface area contributed by atoms with Gasteiger partial charge < -0.3 is 16.0 Å². The van der Waals surface area contributed by atoms with Crippen molar-refractivity contribution >= 4 is 33.6 Å². The lowest BCUT2D eigenvalue weighted by Crippen LogP contribution is -2.08. The van der Waals surface area contributed by atoms with E-state index in [1.165, 1.54) is 6.33 Å². The van der Waals surface area contributed by atoms with Crippen molar-refractivity contribution in [3.05, 3.63) is 44.9 Å². The summed E-state index contributed by atoms with van der Waals surface area (Å²) in [6, 6.07) is 3.41. The third-order valence-corrected chi connectivity index (χ3v) is 3.88. The maximum absolute atomic E-state index is 11.6. The zero-order valence-electron chi connectivity index (χ0n) is 10.8. The number of fused-ring (bicyclic) bond motifs is 1. The van der Waals surface area contributed by atoms with Crippen molar-refractivity contribution in [2.75, 3.05) is 11.1 Å². The fraction of sp³-hybridized carbons (Fsp3) is 0.154. The first-order valence-electron chi connectivity index (χ1n) is 6.05. The molecule has 1 aromatic carbocycles. The van der Waals surface area contributed by atoms with E-state index in [0.29, 0.717) is 23.1 Å². The van der Waals surface area contributed by atoms with Crippen LogP contribution >= 0.6 is 11.3 Å². The molecular formula is C13H13N5OS. The summed E-state index contributed by atoms with van der Waals surface area (Å²) >= 11 is 1.60. The molecule has 0 amide bonds. The lowest BCUT2D eigenvalue weighted by molar-refractivity contribution is 1.08. The van der Waals surface area contributed by atoms with Crippen molar-refractivity contribution in [2.24, 2.45) is 0 Å². The van der Waals surface area contributed by atoms with Crippen molar-refractivity contribution in [1.29, 1.82) is 0 Å². The van der Waals surface area contributed by atoms with Gasteiger partial charge in [-0.05, 0) is 19.1 Å². The van der Waals surface area contributed by atoms with E-state index in [-0.39, 0.29) is 5.56 Å². The molecule has 0 fully saturated rings. The number of nitrogens with one attached hydrogen (secondary N) is 2. The molecule has 2 aromatic heterocycles. The Morgan fingerprint density at radius 2 is 2.30 bits per heavy atom. The molecule has 102 valence electrons. The Kier molecular flexibility index (Phi) is 3.11. The van der Waals surface area contributed by atoms with Crippen molar-refractivity contribution in [3.63, 3.8) is 0 Å². The molecule has 4 N–H and O–H groups in total. The van der Waals surface area contributed by atoms with Crippen LogP contribution in [0.5, 0.6) is 0 Å². The first-order chi connectivity index (χ1) is 9.63. The van der Waals surface area contributed by atoms with E-state index >= 15 is 0 Å². The molecule has 3 aromatic rings. The number of aromatic amines is 1. The number of hydrogen-bond donors (Lipinski definition) is 3. The van der Waals surface area contributed by atoms with Crippen LogP contribution in [-0.2, 0) is 6.54 Å². The van der Waals surface area contributed by atoms with Crippen molar-refractivity contribution in [1.82, 2.24) is 15.0 Å². The van der Waals surface area contributed by atoms with E-state index in [0.717, 1.165) is 16.4 Å². The minimum absolute atomic E-state index is 0.191. The molecule has 0 atom stereocenters. The zero-order valence-corrected chi connectivity index (χ0v) is 11.6. The van der Waals surface area contributed by atoms with Crippen molar-refractivity contribution < 1.29 is 0 Å². The summed E-state index contributed by atoms with van der Waals surface area (Å²) in [5, 5.41) is 6.70. The van der Waals surface area contributed by atoms with Gasteiger partial charge in [-0.2, -0.15) is 0 Å². The van der Waals surface area contributed by atoms with Crippen molar-refractivity contribution in [2.45, 2.75) is 13.5 Å². The molecule has 6 nitrogen and oxygen atoms in total. The summed E-state index contributed by atoms with van der Waals surface area (Å²) < 4.78 is 0. The average Bonchev–Trinajstić information content (AvgIpc) is 2.83. The number of hydrogen-bond acceptors (Lipinski definition) is 6. The second-order valence-corrected chi connectivity index (χ2v) is 5.37. The Balaban J connectivity index is 1.91. The summed E-state index contributed by atoms with van der Waals surface area (Å²) in [5.41, 5.74) is 8.66. The Labute approximate surface area is 118 Å². The van der Waals surface area contributed by atoms with E-state index < -0.39 is 0 Å². The third-order valence-electron chi connectivity index (χ3n) is 2.91. The Morgan fingerprint density at radius 3 is 3.05 bits per heavy atom. The standard InChI is InChI=1S/C13H13N5OS/c1-7-5-20-12(18-7)4-15-11-3-10-8(2-9(11)14)13(19)17-6-16-10/h2-3,5-6,15H,4,14H2,1H3,(H,16,17,19). The average molecular weight is 287 g/mol. The molecule has 0 aliphatic carbocycles. The molecular weight excluding hydrogens is 274 g/mol. The molecule has 0 saturated heterocycles. The Bertz CT molecular complexity index is 823. The maximum atomic E-state index is 11.6. The van der Waals surface area contributed by atoms with Crippen LogP contribution in [0, 0.1) is 6.92 Å². The number of aromatic nitrogens is 3. The highest BCUT2D eigenvalue weighted by Gasteiger charge is 2.06. The number of aryl methyl sites for hydroxylation is 1. The predicted molar refractivity (Wildman–Crippen MR) is 81.0 cm³/mol. The molecule has 0 bridgehead atoms. The Morgan fingerprint density at radius 1 is 1.45 bits per heavy atom. The van der Waals surface area contributed by atoms with E-state index in [1.54, 1.807) is 23.5 Å². The fourth-order valence-electron chi connectivity index (χ4n) is 1.94. The van der Waals surface area contributed by atoms with Gasteiger partial charge in [0.15, 0.2) is 0 Å². The van der Waals surface area contributed by atoms with Gasteiger partial charge in [-0.3, -0.25) is 4.79 Å². The van der Waals surface area contributed by atoms with Gasteiger partial charge in [0, 0.05) is 11.1 Å². The summed E-state index contributed by atoms with van der Waals surface area (Å²) in [6.07, 6.45) is 1.38. The molecule has 0 aliphatic rings. The van der Waals surface area contributed by atoms with Crippen molar-refractivity contribution in [3.8, 4) is 0 Å². The van der Waals surface area contributed by atoms with Gasteiger partial charge >= 0.3 is 0 Å². The van der Waals surface area contributed by atoms with Gasteiger partial charge in [0.2, 0.25) is 0 Å². The van der Waals surface area contributed by atoms with E-state index in [1.807, 2.05) is 12.3 Å². The number of anilines is 2.